The van der Waals surface area contributed by atoms with Crippen LogP contribution in [0.5, 0.6) is 0 Å². The fourth-order valence-corrected chi connectivity index (χ4v) is 4.92. The molecule has 0 spiro atoms. The summed E-state index contributed by atoms with van der Waals surface area (Å²) in [5.41, 5.74) is 0. The Morgan fingerprint density at radius 3 is 2.65 bits per heavy atom. The van der Waals surface area contributed by atoms with Gasteiger partial charge < -0.3 is 4.90 Å². The molecular formula is C20H35FN2. The number of nitrogens with zero attached hydrogens (tertiary/aromatic N) is 2. The summed E-state index contributed by atoms with van der Waals surface area (Å²) in [6.45, 7) is 10.9. The van der Waals surface area contributed by atoms with Gasteiger partial charge in [-0.25, -0.2) is 0 Å². The second kappa shape index (κ2) is 9.04. The molecule has 23 heavy (non-hydrogen) atoms. The maximum Gasteiger partial charge on any atom is 0.0906 e. The number of hydrogen-bond donors (Lipinski definition) is 0. The highest BCUT2D eigenvalue weighted by molar-refractivity contribution is 4.96. The molecule has 4 atom stereocenters. The molecule has 0 radical (unpaired) electrons. The van der Waals surface area contributed by atoms with Gasteiger partial charge in [0.25, 0.3) is 0 Å². The van der Waals surface area contributed by atoms with Crippen molar-refractivity contribution >= 4 is 0 Å². The first-order valence-corrected chi connectivity index (χ1v) is 9.54. The molecule has 0 aromatic rings. The minimum atomic E-state index is -0.183. The molecule has 2 aliphatic heterocycles. The number of rotatable bonds is 8. The topological polar surface area (TPSA) is 6.48 Å². The number of likely N-dealkylation sites (tertiary alicyclic amines) is 2. The summed E-state index contributed by atoms with van der Waals surface area (Å²) >= 11 is 0. The average molecular weight is 323 g/mol. The number of hydrogen-bond acceptors (Lipinski definition) is 2. The van der Waals surface area contributed by atoms with E-state index in [1.54, 1.807) is 0 Å². The third kappa shape index (κ3) is 4.94. The number of terminal acetylenes is 1. The minimum absolute atomic E-state index is 0.183. The van der Waals surface area contributed by atoms with E-state index in [1.165, 1.54) is 25.7 Å². The summed E-state index contributed by atoms with van der Waals surface area (Å²) in [6.07, 6.45) is 11.4. The molecule has 0 N–H and O–H groups in total. The Morgan fingerprint density at radius 2 is 2.00 bits per heavy atom. The lowest BCUT2D eigenvalue weighted by atomic mass is 9.86. The van der Waals surface area contributed by atoms with Gasteiger partial charge in [0.15, 0.2) is 0 Å². The lowest BCUT2D eigenvalue weighted by molar-refractivity contribution is 0.171. The first-order valence-electron chi connectivity index (χ1n) is 9.54. The Morgan fingerprint density at radius 1 is 1.22 bits per heavy atom. The zero-order valence-corrected chi connectivity index (χ0v) is 15.3. The summed E-state index contributed by atoms with van der Waals surface area (Å²) < 4.78 is 12.5. The van der Waals surface area contributed by atoms with Crippen molar-refractivity contribution in [3.05, 3.63) is 0 Å². The van der Waals surface area contributed by atoms with Crippen LogP contribution in [0.25, 0.3) is 0 Å². The Balaban J connectivity index is 1.87. The third-order valence-corrected chi connectivity index (χ3v) is 5.96. The van der Waals surface area contributed by atoms with Crippen molar-refractivity contribution in [1.29, 1.82) is 0 Å². The van der Waals surface area contributed by atoms with Crippen LogP contribution in [0.15, 0.2) is 0 Å². The van der Waals surface area contributed by atoms with Crippen LogP contribution >= 0.6 is 0 Å². The number of alkyl halides is 1. The molecule has 2 heterocycles. The Bertz CT molecular complexity index is 390. The summed E-state index contributed by atoms with van der Waals surface area (Å²) in [6, 6.07) is 1.32. The van der Waals surface area contributed by atoms with Crippen molar-refractivity contribution in [2.75, 3.05) is 32.9 Å². The molecule has 0 aliphatic carbocycles. The predicted octanol–water partition coefficient (Wildman–Crippen LogP) is 3.82. The Labute approximate surface area is 142 Å². The van der Waals surface area contributed by atoms with E-state index in [0.717, 1.165) is 32.1 Å². The van der Waals surface area contributed by atoms with E-state index in [0.29, 0.717) is 30.3 Å². The zero-order valence-electron chi connectivity index (χ0n) is 15.3. The lowest BCUT2D eigenvalue weighted by Crippen LogP contribution is -2.36. The molecular weight excluding hydrogens is 287 g/mol. The van der Waals surface area contributed by atoms with Gasteiger partial charge in [-0.3, -0.25) is 9.29 Å². The smallest absolute Gasteiger partial charge is 0.0906 e. The van der Waals surface area contributed by atoms with Crippen molar-refractivity contribution in [1.82, 2.24) is 9.80 Å². The Hall–Kier alpha value is -0.590. The molecule has 3 heteroatoms. The highest BCUT2D eigenvalue weighted by Gasteiger charge is 2.36. The largest absolute Gasteiger partial charge is 0.300 e. The van der Waals surface area contributed by atoms with Crippen molar-refractivity contribution in [2.45, 2.75) is 65.0 Å². The molecule has 2 aliphatic rings. The first-order chi connectivity index (χ1) is 11.1. The first kappa shape index (κ1) is 18.7. The summed E-state index contributed by atoms with van der Waals surface area (Å²) in [7, 11) is 0. The molecule has 0 saturated carbocycles. The summed E-state index contributed by atoms with van der Waals surface area (Å²) in [4.78, 5) is 5.05. The van der Waals surface area contributed by atoms with E-state index in [1.807, 2.05) is 0 Å². The van der Waals surface area contributed by atoms with Gasteiger partial charge in [0.2, 0.25) is 0 Å². The van der Waals surface area contributed by atoms with Crippen molar-refractivity contribution < 1.29 is 4.39 Å². The molecule has 2 nitrogen and oxygen atoms in total. The number of halogens is 1. The van der Waals surface area contributed by atoms with Gasteiger partial charge >= 0.3 is 0 Å². The van der Waals surface area contributed by atoms with E-state index < -0.39 is 0 Å². The van der Waals surface area contributed by atoms with Crippen LogP contribution in [-0.2, 0) is 0 Å². The SMILES string of the molecule is C#CCN1CC(CC(C)C2CCCN2CCCF)CC1C(C)C. The predicted molar refractivity (Wildman–Crippen MR) is 96.1 cm³/mol. The molecule has 0 bridgehead atoms. The highest BCUT2D eigenvalue weighted by atomic mass is 19.1. The molecule has 2 rings (SSSR count). The maximum atomic E-state index is 12.5. The average Bonchev–Trinajstić information content (AvgIpc) is 3.12. The van der Waals surface area contributed by atoms with Gasteiger partial charge in [-0.15, -0.1) is 6.42 Å². The fraction of sp³-hybridized carbons (Fsp3) is 0.900. The van der Waals surface area contributed by atoms with Crippen LogP contribution in [0, 0.1) is 30.1 Å². The molecule has 132 valence electrons. The molecule has 2 saturated heterocycles. The molecule has 0 aromatic carbocycles. The molecule has 0 aromatic heterocycles. The van der Waals surface area contributed by atoms with Crippen molar-refractivity contribution in [3.63, 3.8) is 0 Å². The van der Waals surface area contributed by atoms with E-state index in [4.69, 9.17) is 6.42 Å². The zero-order chi connectivity index (χ0) is 16.8. The monoisotopic (exact) mass is 322 g/mol. The highest BCUT2D eigenvalue weighted by Crippen LogP contribution is 2.35. The van der Waals surface area contributed by atoms with Crippen molar-refractivity contribution in [2.24, 2.45) is 17.8 Å². The van der Waals surface area contributed by atoms with E-state index in [2.05, 4.69) is 36.5 Å². The van der Waals surface area contributed by atoms with E-state index in [9.17, 15) is 4.39 Å². The van der Waals surface area contributed by atoms with Gasteiger partial charge in [-0.05, 0) is 56.4 Å². The van der Waals surface area contributed by atoms with Gasteiger partial charge in [-0.2, -0.15) is 0 Å². The van der Waals surface area contributed by atoms with Crippen LogP contribution < -0.4 is 0 Å². The van der Waals surface area contributed by atoms with Crippen LogP contribution in [0.2, 0.25) is 0 Å². The minimum Gasteiger partial charge on any atom is -0.300 e. The van der Waals surface area contributed by atoms with Crippen LogP contribution in [0.3, 0.4) is 0 Å². The molecule has 4 unspecified atom stereocenters. The lowest BCUT2D eigenvalue weighted by Gasteiger charge is -2.31. The van der Waals surface area contributed by atoms with Crippen LogP contribution in [-0.4, -0.2) is 54.7 Å². The van der Waals surface area contributed by atoms with Gasteiger partial charge in [0.1, 0.15) is 0 Å². The summed E-state index contributed by atoms with van der Waals surface area (Å²) in [5, 5.41) is 0. The fourth-order valence-electron chi connectivity index (χ4n) is 4.92. The van der Waals surface area contributed by atoms with Gasteiger partial charge in [0.05, 0.1) is 13.2 Å². The second-order valence-electron chi connectivity index (χ2n) is 8.05. The standard InChI is InChI=1S/C20H35FN2/c1-5-10-23-15-18(14-20(23)16(2)3)13-17(4)19-8-6-11-22(19)12-7-9-21/h1,16-20H,6-15H2,2-4H3. The molecule has 0 amide bonds. The van der Waals surface area contributed by atoms with Crippen LogP contribution in [0.1, 0.15) is 52.9 Å². The van der Waals surface area contributed by atoms with Gasteiger partial charge in [-0.1, -0.05) is 26.7 Å². The third-order valence-electron chi connectivity index (χ3n) is 5.96. The maximum absolute atomic E-state index is 12.5. The quantitative estimate of drug-likeness (QED) is 0.627. The second-order valence-corrected chi connectivity index (χ2v) is 8.05. The normalized spacial score (nSPS) is 30.9. The van der Waals surface area contributed by atoms with Crippen molar-refractivity contribution in [3.8, 4) is 12.3 Å². The van der Waals surface area contributed by atoms with E-state index >= 15 is 0 Å². The molecule has 2 fully saturated rings. The van der Waals surface area contributed by atoms with Gasteiger partial charge in [0, 0.05) is 25.2 Å². The van der Waals surface area contributed by atoms with E-state index in [-0.39, 0.29) is 6.67 Å². The van der Waals surface area contributed by atoms with Crippen LogP contribution in [0.4, 0.5) is 4.39 Å². The summed E-state index contributed by atoms with van der Waals surface area (Å²) in [5.74, 6) is 4.99. The Kier molecular flexibility index (Phi) is 7.37.